The molecule has 1 aliphatic heterocycles. The molecule has 2 aromatic heterocycles. The van der Waals surface area contributed by atoms with E-state index >= 15 is 0 Å². The Labute approximate surface area is 208 Å². The SMILES string of the molecule is CC1(C)CC(=O)c2sc(N3CCOCC3Cc3cccc(-c4csc5ccccc45)c3)nc2C1. The number of anilines is 1. The van der Waals surface area contributed by atoms with Crippen LogP contribution in [0.25, 0.3) is 21.2 Å². The van der Waals surface area contributed by atoms with Crippen molar-refractivity contribution in [2.75, 3.05) is 24.7 Å². The van der Waals surface area contributed by atoms with Gasteiger partial charge in [-0.2, -0.15) is 0 Å². The molecule has 174 valence electrons. The summed E-state index contributed by atoms with van der Waals surface area (Å²) in [5, 5.41) is 4.55. The van der Waals surface area contributed by atoms with Crippen LogP contribution >= 0.6 is 22.7 Å². The Morgan fingerprint density at radius 2 is 2.03 bits per heavy atom. The third kappa shape index (κ3) is 4.08. The molecule has 0 N–H and O–H groups in total. The standard InChI is InChI=1S/C28H28N2O2S2/c1-28(2)14-23-26(24(31)15-28)34-27(29-23)30-10-11-32-16-20(30)13-18-6-5-7-19(12-18)22-17-33-25-9-4-3-8-21(22)25/h3-9,12,17,20H,10-11,13-16H2,1-2H3. The number of ketones is 1. The summed E-state index contributed by atoms with van der Waals surface area (Å²) in [4.78, 5) is 21.0. The van der Waals surface area contributed by atoms with Crippen LogP contribution in [0.2, 0.25) is 0 Å². The van der Waals surface area contributed by atoms with Crippen LogP contribution in [-0.2, 0) is 17.6 Å². The van der Waals surface area contributed by atoms with Crippen LogP contribution in [0.1, 0.15) is 41.2 Å². The van der Waals surface area contributed by atoms with Gasteiger partial charge in [-0.3, -0.25) is 4.79 Å². The predicted molar refractivity (Wildman–Crippen MR) is 141 cm³/mol. The van der Waals surface area contributed by atoms with Crippen molar-refractivity contribution >= 4 is 43.7 Å². The van der Waals surface area contributed by atoms with Crippen molar-refractivity contribution in [1.82, 2.24) is 4.98 Å². The van der Waals surface area contributed by atoms with Gasteiger partial charge in [0.15, 0.2) is 10.9 Å². The van der Waals surface area contributed by atoms with Crippen LogP contribution in [-0.4, -0.2) is 36.6 Å². The fourth-order valence-corrected chi connectivity index (χ4v) is 7.33. The Hall–Kier alpha value is -2.54. The zero-order chi connectivity index (χ0) is 23.3. The van der Waals surface area contributed by atoms with Crippen molar-refractivity contribution in [2.24, 2.45) is 5.41 Å². The molecule has 0 spiro atoms. The maximum absolute atomic E-state index is 12.7. The molecule has 1 aliphatic carbocycles. The van der Waals surface area contributed by atoms with Gasteiger partial charge in [-0.1, -0.05) is 67.6 Å². The van der Waals surface area contributed by atoms with E-state index < -0.39 is 0 Å². The van der Waals surface area contributed by atoms with Gasteiger partial charge in [0, 0.05) is 28.6 Å². The number of aromatic nitrogens is 1. The molecule has 1 saturated heterocycles. The molecule has 4 aromatic rings. The van der Waals surface area contributed by atoms with E-state index in [4.69, 9.17) is 9.72 Å². The molecule has 6 rings (SSSR count). The molecule has 3 heterocycles. The van der Waals surface area contributed by atoms with Gasteiger partial charge in [0.1, 0.15) is 0 Å². The van der Waals surface area contributed by atoms with Crippen molar-refractivity contribution in [3.63, 3.8) is 0 Å². The van der Waals surface area contributed by atoms with Crippen LogP contribution in [0.15, 0.2) is 53.9 Å². The lowest BCUT2D eigenvalue weighted by Crippen LogP contribution is -2.46. The lowest BCUT2D eigenvalue weighted by Gasteiger charge is -2.35. The number of thiazole rings is 1. The van der Waals surface area contributed by atoms with Crippen molar-refractivity contribution in [3.05, 3.63) is 70.0 Å². The second-order valence-electron chi connectivity index (χ2n) is 10.2. The minimum atomic E-state index is -0.00783. The second-order valence-corrected chi connectivity index (χ2v) is 12.1. The number of hydrogen-bond donors (Lipinski definition) is 0. The summed E-state index contributed by atoms with van der Waals surface area (Å²) in [6.45, 7) is 6.50. The van der Waals surface area contributed by atoms with Gasteiger partial charge in [-0.15, -0.1) is 11.3 Å². The minimum absolute atomic E-state index is 0.00783. The highest BCUT2D eigenvalue weighted by atomic mass is 32.1. The fraction of sp³-hybridized carbons (Fsp3) is 0.357. The van der Waals surface area contributed by atoms with E-state index in [0.29, 0.717) is 19.6 Å². The highest BCUT2D eigenvalue weighted by Gasteiger charge is 2.36. The number of ether oxygens (including phenoxy) is 1. The number of thiophene rings is 1. The molecule has 1 atom stereocenters. The molecule has 0 bridgehead atoms. The van der Waals surface area contributed by atoms with Crippen LogP contribution < -0.4 is 4.90 Å². The van der Waals surface area contributed by atoms with Gasteiger partial charge in [-0.05, 0) is 40.8 Å². The first kappa shape index (κ1) is 22.0. The first-order valence-electron chi connectivity index (χ1n) is 11.9. The van der Waals surface area contributed by atoms with E-state index in [-0.39, 0.29) is 17.2 Å². The number of fused-ring (bicyclic) bond motifs is 2. The Kier molecular flexibility index (Phi) is 5.55. The van der Waals surface area contributed by atoms with Crippen molar-refractivity contribution in [1.29, 1.82) is 0 Å². The molecule has 2 aliphatic rings. The summed E-state index contributed by atoms with van der Waals surface area (Å²) in [5.74, 6) is 0.246. The van der Waals surface area contributed by atoms with Gasteiger partial charge >= 0.3 is 0 Å². The summed E-state index contributed by atoms with van der Waals surface area (Å²) < 4.78 is 7.21. The van der Waals surface area contributed by atoms with Gasteiger partial charge in [0.25, 0.3) is 0 Å². The smallest absolute Gasteiger partial charge is 0.186 e. The number of rotatable bonds is 4. The average Bonchev–Trinajstić information content (AvgIpc) is 3.43. The van der Waals surface area contributed by atoms with Crippen molar-refractivity contribution in [3.8, 4) is 11.1 Å². The lowest BCUT2D eigenvalue weighted by atomic mass is 9.78. The van der Waals surface area contributed by atoms with E-state index in [1.54, 1.807) is 22.7 Å². The van der Waals surface area contributed by atoms with E-state index in [1.165, 1.54) is 26.8 Å². The summed E-state index contributed by atoms with van der Waals surface area (Å²) in [7, 11) is 0. The van der Waals surface area contributed by atoms with Gasteiger partial charge < -0.3 is 9.64 Å². The molecule has 0 saturated carbocycles. The monoisotopic (exact) mass is 488 g/mol. The largest absolute Gasteiger partial charge is 0.377 e. The summed E-state index contributed by atoms with van der Waals surface area (Å²) >= 11 is 3.38. The first-order valence-corrected chi connectivity index (χ1v) is 13.6. The second kappa shape index (κ2) is 8.59. The number of hydrogen-bond acceptors (Lipinski definition) is 6. The minimum Gasteiger partial charge on any atom is -0.377 e. The summed E-state index contributed by atoms with van der Waals surface area (Å²) in [6, 6.07) is 17.7. The Balaban J connectivity index is 1.28. The van der Waals surface area contributed by atoms with Crippen LogP contribution in [0.4, 0.5) is 5.13 Å². The summed E-state index contributed by atoms with van der Waals surface area (Å²) in [5.41, 5.74) is 4.83. The maximum Gasteiger partial charge on any atom is 0.186 e. The first-order chi connectivity index (χ1) is 16.5. The number of morpholine rings is 1. The molecule has 2 aromatic carbocycles. The quantitative estimate of drug-likeness (QED) is 0.323. The third-order valence-corrected chi connectivity index (χ3v) is 9.03. The zero-order valence-corrected chi connectivity index (χ0v) is 21.2. The Bertz CT molecular complexity index is 1370. The van der Waals surface area contributed by atoms with Crippen LogP contribution in [0.3, 0.4) is 0 Å². The number of carbonyl (C=O) groups excluding carboxylic acids is 1. The van der Waals surface area contributed by atoms with Crippen LogP contribution in [0, 0.1) is 5.41 Å². The maximum atomic E-state index is 12.7. The van der Waals surface area contributed by atoms with E-state index in [0.717, 1.165) is 35.1 Å². The van der Waals surface area contributed by atoms with Gasteiger partial charge in [-0.25, -0.2) is 4.98 Å². The molecule has 1 fully saturated rings. The molecular formula is C28H28N2O2S2. The Morgan fingerprint density at radius 3 is 2.94 bits per heavy atom. The van der Waals surface area contributed by atoms with E-state index in [2.05, 4.69) is 72.7 Å². The predicted octanol–water partition coefficient (Wildman–Crippen LogP) is 6.63. The van der Waals surface area contributed by atoms with E-state index in [9.17, 15) is 4.79 Å². The zero-order valence-electron chi connectivity index (χ0n) is 19.5. The molecule has 4 nitrogen and oxygen atoms in total. The number of carbonyl (C=O) groups is 1. The van der Waals surface area contributed by atoms with E-state index in [1.807, 2.05) is 0 Å². The topological polar surface area (TPSA) is 42.4 Å². The highest BCUT2D eigenvalue weighted by molar-refractivity contribution is 7.18. The molecule has 0 amide bonds. The number of benzene rings is 2. The van der Waals surface area contributed by atoms with Crippen molar-refractivity contribution in [2.45, 2.75) is 39.2 Å². The fourth-order valence-electron chi connectivity index (χ4n) is 5.25. The van der Waals surface area contributed by atoms with Gasteiger partial charge in [0.05, 0.1) is 29.8 Å². The number of nitrogens with zero attached hydrogens (tertiary/aromatic N) is 2. The number of Topliss-reactive ketones (excluding diaryl/α,β-unsaturated/α-hetero) is 1. The average molecular weight is 489 g/mol. The molecular weight excluding hydrogens is 460 g/mol. The lowest BCUT2D eigenvalue weighted by molar-refractivity contribution is 0.0915. The van der Waals surface area contributed by atoms with Gasteiger partial charge in [0.2, 0.25) is 0 Å². The third-order valence-electron chi connectivity index (χ3n) is 6.89. The van der Waals surface area contributed by atoms with Crippen molar-refractivity contribution < 1.29 is 9.53 Å². The molecule has 1 unspecified atom stereocenters. The normalized spacial score (nSPS) is 20.0. The highest BCUT2D eigenvalue weighted by Crippen LogP contribution is 2.40. The van der Waals surface area contributed by atoms with Crippen LogP contribution in [0.5, 0.6) is 0 Å². The molecule has 0 radical (unpaired) electrons. The summed E-state index contributed by atoms with van der Waals surface area (Å²) in [6.07, 6.45) is 2.37. The Morgan fingerprint density at radius 1 is 1.15 bits per heavy atom. The molecule has 6 heteroatoms. The molecule has 34 heavy (non-hydrogen) atoms.